The van der Waals surface area contributed by atoms with Gasteiger partial charge in [-0.2, -0.15) is 0 Å². The molecule has 4 heteroatoms. The Labute approximate surface area is 113 Å². The lowest BCUT2D eigenvalue weighted by molar-refractivity contribution is -0.134. The van der Waals surface area contributed by atoms with Gasteiger partial charge in [-0.25, -0.2) is 4.39 Å². The number of benzene rings is 1. The van der Waals surface area contributed by atoms with Gasteiger partial charge in [-0.15, -0.1) is 0 Å². The molecule has 104 valence electrons. The van der Waals surface area contributed by atoms with Crippen molar-refractivity contribution >= 4 is 5.91 Å². The Balaban J connectivity index is 1.83. The molecular weight excluding hydrogens is 243 g/mol. The maximum Gasteiger partial charge on any atom is 0.226 e. The third-order valence-corrected chi connectivity index (χ3v) is 3.65. The molecule has 1 unspecified atom stereocenters. The minimum atomic E-state index is -0.219. The third kappa shape index (κ3) is 4.03. The molecule has 0 radical (unpaired) electrons. The van der Waals surface area contributed by atoms with Crippen LogP contribution in [0.5, 0.6) is 0 Å². The Morgan fingerprint density at radius 1 is 1.53 bits per heavy atom. The van der Waals surface area contributed by atoms with E-state index in [4.69, 9.17) is 0 Å². The van der Waals surface area contributed by atoms with E-state index < -0.39 is 0 Å². The van der Waals surface area contributed by atoms with E-state index in [1.54, 1.807) is 11.0 Å². The summed E-state index contributed by atoms with van der Waals surface area (Å²) in [5.74, 6) is 0.0813. The molecule has 1 fully saturated rings. The van der Waals surface area contributed by atoms with E-state index in [0.29, 0.717) is 13.0 Å². The summed E-state index contributed by atoms with van der Waals surface area (Å²) in [7, 11) is 1.83. The van der Waals surface area contributed by atoms with Crippen LogP contribution in [-0.4, -0.2) is 37.5 Å². The number of amides is 1. The molecule has 1 atom stereocenters. The van der Waals surface area contributed by atoms with Gasteiger partial charge in [0.15, 0.2) is 0 Å². The molecule has 0 bridgehead atoms. The number of hydrogen-bond acceptors (Lipinski definition) is 2. The number of halogens is 1. The lowest BCUT2D eigenvalue weighted by Gasteiger charge is -2.27. The summed E-state index contributed by atoms with van der Waals surface area (Å²) in [4.78, 5) is 14.0. The van der Waals surface area contributed by atoms with Crippen molar-refractivity contribution in [2.24, 2.45) is 5.92 Å². The van der Waals surface area contributed by atoms with E-state index in [-0.39, 0.29) is 17.6 Å². The second kappa shape index (κ2) is 6.66. The molecule has 1 aliphatic heterocycles. The first-order valence-corrected chi connectivity index (χ1v) is 6.87. The van der Waals surface area contributed by atoms with Crippen molar-refractivity contribution in [3.8, 4) is 0 Å². The Hall–Kier alpha value is -1.42. The molecule has 0 aliphatic carbocycles. The lowest BCUT2D eigenvalue weighted by atomic mass is 9.98. The normalized spacial score (nSPS) is 19.2. The van der Waals surface area contributed by atoms with Crippen molar-refractivity contribution in [3.05, 3.63) is 35.6 Å². The van der Waals surface area contributed by atoms with Crippen LogP contribution in [0.25, 0.3) is 0 Å². The van der Waals surface area contributed by atoms with Crippen molar-refractivity contribution in [2.45, 2.75) is 19.3 Å². The first-order valence-electron chi connectivity index (χ1n) is 6.87. The van der Waals surface area contributed by atoms with Crippen LogP contribution in [-0.2, 0) is 11.2 Å². The minimum absolute atomic E-state index is 0.103. The number of nitrogens with zero attached hydrogens (tertiary/aromatic N) is 1. The van der Waals surface area contributed by atoms with E-state index in [9.17, 15) is 9.18 Å². The summed E-state index contributed by atoms with van der Waals surface area (Å²) in [5.41, 5.74) is 0.932. The van der Waals surface area contributed by atoms with Gasteiger partial charge >= 0.3 is 0 Å². The van der Waals surface area contributed by atoms with Gasteiger partial charge in [0.1, 0.15) is 5.82 Å². The molecule has 1 saturated heterocycles. The molecule has 2 rings (SSSR count). The Morgan fingerprint density at radius 2 is 2.37 bits per heavy atom. The molecule has 0 spiro atoms. The molecule has 1 aromatic rings. The maximum absolute atomic E-state index is 13.1. The molecule has 1 aromatic carbocycles. The molecular formula is C15H21FN2O. The largest absolute Gasteiger partial charge is 0.345 e. The molecule has 3 nitrogen and oxygen atoms in total. The highest BCUT2D eigenvalue weighted by Gasteiger charge is 2.23. The van der Waals surface area contributed by atoms with Gasteiger partial charge in [0.2, 0.25) is 5.91 Å². The van der Waals surface area contributed by atoms with Crippen LogP contribution in [0.3, 0.4) is 0 Å². The molecule has 1 N–H and O–H groups in total. The highest BCUT2D eigenvalue weighted by molar-refractivity contribution is 5.78. The van der Waals surface area contributed by atoms with Gasteiger partial charge in [0, 0.05) is 20.1 Å². The average Bonchev–Trinajstić information content (AvgIpc) is 2.45. The van der Waals surface area contributed by atoms with Gasteiger partial charge in [0.25, 0.3) is 0 Å². The Morgan fingerprint density at radius 3 is 3.05 bits per heavy atom. The summed E-state index contributed by atoms with van der Waals surface area (Å²) in [6.45, 7) is 2.43. The molecule has 0 aromatic heterocycles. The zero-order valence-electron chi connectivity index (χ0n) is 11.4. The third-order valence-electron chi connectivity index (χ3n) is 3.65. The van der Waals surface area contributed by atoms with Crippen LogP contribution < -0.4 is 5.32 Å². The van der Waals surface area contributed by atoms with Crippen molar-refractivity contribution < 1.29 is 9.18 Å². The fourth-order valence-corrected chi connectivity index (χ4v) is 2.47. The number of rotatable bonds is 4. The van der Waals surface area contributed by atoms with Gasteiger partial charge in [-0.3, -0.25) is 4.79 Å². The predicted molar refractivity (Wildman–Crippen MR) is 73.3 cm³/mol. The van der Waals surface area contributed by atoms with Gasteiger partial charge < -0.3 is 10.2 Å². The summed E-state index contributed by atoms with van der Waals surface area (Å²) < 4.78 is 13.1. The minimum Gasteiger partial charge on any atom is -0.345 e. The molecule has 1 amide bonds. The maximum atomic E-state index is 13.1. The first-order chi connectivity index (χ1) is 9.16. The number of carbonyl (C=O) groups excluding carboxylic acids is 1. The Kier molecular flexibility index (Phi) is 4.91. The van der Waals surface area contributed by atoms with Crippen LogP contribution in [0.15, 0.2) is 24.3 Å². The van der Waals surface area contributed by atoms with E-state index in [2.05, 4.69) is 5.32 Å². The van der Waals surface area contributed by atoms with Crippen molar-refractivity contribution in [3.63, 3.8) is 0 Å². The highest BCUT2D eigenvalue weighted by Crippen LogP contribution is 2.13. The summed E-state index contributed by atoms with van der Waals surface area (Å²) >= 11 is 0. The van der Waals surface area contributed by atoms with Gasteiger partial charge in [-0.1, -0.05) is 12.1 Å². The fraction of sp³-hybridized carbons (Fsp3) is 0.533. The van der Waals surface area contributed by atoms with Crippen LogP contribution in [0.2, 0.25) is 0 Å². The summed E-state index contributed by atoms with van der Waals surface area (Å²) in [6.07, 6.45) is 2.73. The SMILES string of the molecule is CN(CCc1cccc(F)c1)C(=O)C1CCCNC1. The van der Waals surface area contributed by atoms with Crippen molar-refractivity contribution in [2.75, 3.05) is 26.7 Å². The summed E-state index contributed by atoms with van der Waals surface area (Å²) in [5, 5.41) is 3.25. The van der Waals surface area contributed by atoms with E-state index in [1.807, 2.05) is 13.1 Å². The number of carbonyl (C=O) groups is 1. The Bertz CT molecular complexity index is 430. The fourth-order valence-electron chi connectivity index (χ4n) is 2.47. The van der Waals surface area contributed by atoms with Gasteiger partial charge in [-0.05, 0) is 43.5 Å². The highest BCUT2D eigenvalue weighted by atomic mass is 19.1. The van der Waals surface area contributed by atoms with Crippen LogP contribution in [0.4, 0.5) is 4.39 Å². The zero-order valence-corrected chi connectivity index (χ0v) is 11.4. The second-order valence-electron chi connectivity index (χ2n) is 5.18. The molecule has 1 aliphatic rings. The number of nitrogens with one attached hydrogen (secondary N) is 1. The summed E-state index contributed by atoms with van der Waals surface area (Å²) in [6, 6.07) is 6.56. The van der Waals surface area contributed by atoms with E-state index in [0.717, 1.165) is 31.5 Å². The molecule has 19 heavy (non-hydrogen) atoms. The second-order valence-corrected chi connectivity index (χ2v) is 5.18. The van der Waals surface area contributed by atoms with Crippen LogP contribution in [0.1, 0.15) is 18.4 Å². The number of likely N-dealkylation sites (N-methyl/N-ethyl adjacent to an activating group) is 1. The van der Waals surface area contributed by atoms with E-state index in [1.165, 1.54) is 12.1 Å². The number of piperidine rings is 1. The molecule has 1 heterocycles. The standard InChI is InChI=1S/C15H21FN2O/c1-18(15(19)13-5-3-8-17-11-13)9-7-12-4-2-6-14(16)10-12/h2,4,6,10,13,17H,3,5,7-9,11H2,1H3. The first kappa shape index (κ1) is 14.0. The quantitative estimate of drug-likeness (QED) is 0.900. The monoisotopic (exact) mass is 264 g/mol. The predicted octanol–water partition coefficient (Wildman–Crippen LogP) is 1.83. The van der Waals surface area contributed by atoms with Crippen LogP contribution in [0, 0.1) is 11.7 Å². The topological polar surface area (TPSA) is 32.3 Å². The van der Waals surface area contributed by atoms with Crippen molar-refractivity contribution in [1.29, 1.82) is 0 Å². The van der Waals surface area contributed by atoms with E-state index >= 15 is 0 Å². The molecule has 0 saturated carbocycles. The van der Waals surface area contributed by atoms with Crippen molar-refractivity contribution in [1.82, 2.24) is 10.2 Å². The van der Waals surface area contributed by atoms with Crippen LogP contribution >= 0.6 is 0 Å². The average molecular weight is 264 g/mol. The lowest BCUT2D eigenvalue weighted by Crippen LogP contribution is -2.42. The number of hydrogen-bond donors (Lipinski definition) is 1. The smallest absolute Gasteiger partial charge is 0.226 e. The zero-order chi connectivity index (χ0) is 13.7. The van der Waals surface area contributed by atoms with Gasteiger partial charge in [0.05, 0.1) is 5.92 Å².